The molecule has 11 heteroatoms. The highest BCUT2D eigenvalue weighted by molar-refractivity contribution is 6.37. The lowest BCUT2D eigenvalue weighted by Gasteiger charge is -2.15. The predicted molar refractivity (Wildman–Crippen MR) is 122 cm³/mol. The van der Waals surface area contributed by atoms with Crippen LogP contribution in [0, 0.1) is 0 Å². The summed E-state index contributed by atoms with van der Waals surface area (Å²) in [5, 5.41) is 9.31. The van der Waals surface area contributed by atoms with Gasteiger partial charge in [-0.25, -0.2) is 4.98 Å². The number of alkyl halides is 3. The lowest BCUT2D eigenvalue weighted by molar-refractivity contribution is -0.137. The van der Waals surface area contributed by atoms with E-state index in [1.165, 1.54) is 12.1 Å². The van der Waals surface area contributed by atoms with Crippen LogP contribution in [-0.4, -0.2) is 24.0 Å². The second kappa shape index (κ2) is 10.3. The highest BCUT2D eigenvalue weighted by Gasteiger charge is 2.31. The first-order valence-electron chi connectivity index (χ1n) is 9.21. The van der Waals surface area contributed by atoms with Crippen LogP contribution >= 0.6 is 34.8 Å². The molecule has 3 aromatic rings. The molecule has 0 aliphatic rings. The number of nitrogens with one attached hydrogen (secondary N) is 3. The van der Waals surface area contributed by atoms with Gasteiger partial charge in [0.1, 0.15) is 5.82 Å². The summed E-state index contributed by atoms with van der Waals surface area (Å²) in [7, 11) is 0. The summed E-state index contributed by atoms with van der Waals surface area (Å²) in [6.45, 7) is 0.678. The third kappa shape index (κ3) is 6.18. The van der Waals surface area contributed by atoms with E-state index in [2.05, 4.69) is 20.9 Å². The van der Waals surface area contributed by atoms with E-state index in [1.54, 1.807) is 30.3 Å². The maximum absolute atomic E-state index is 12.7. The van der Waals surface area contributed by atoms with Gasteiger partial charge in [-0.1, -0.05) is 46.9 Å². The molecule has 1 heterocycles. The van der Waals surface area contributed by atoms with E-state index >= 15 is 0 Å². The standard InChI is InChI=1S/C21H16Cl3F3N4O/c22-13-5-6-14(15(23)10-13)20(32)31-18-4-2-1-3-17(18)28-7-8-29-19-16(24)9-12(11-30-19)21(25,26)27/h1-6,9-11,28H,7-8H2,(H,29,30)(H,31,32). The van der Waals surface area contributed by atoms with Gasteiger partial charge in [-0.15, -0.1) is 0 Å². The third-order valence-electron chi connectivity index (χ3n) is 4.25. The van der Waals surface area contributed by atoms with Gasteiger partial charge in [0.05, 0.1) is 32.5 Å². The molecule has 32 heavy (non-hydrogen) atoms. The predicted octanol–water partition coefficient (Wildman–Crippen LogP) is 6.84. The van der Waals surface area contributed by atoms with Crippen molar-refractivity contribution in [3.8, 4) is 0 Å². The number of amides is 1. The van der Waals surface area contributed by atoms with Crippen LogP contribution in [0.5, 0.6) is 0 Å². The zero-order valence-electron chi connectivity index (χ0n) is 16.2. The van der Waals surface area contributed by atoms with Crippen molar-refractivity contribution in [1.29, 1.82) is 0 Å². The Balaban J connectivity index is 1.59. The summed E-state index contributed by atoms with van der Waals surface area (Å²) < 4.78 is 38.1. The Morgan fingerprint density at radius 2 is 1.59 bits per heavy atom. The highest BCUT2D eigenvalue weighted by Crippen LogP contribution is 2.32. The summed E-state index contributed by atoms with van der Waals surface area (Å²) in [5.74, 6) is -0.264. The van der Waals surface area contributed by atoms with E-state index in [1.807, 2.05) is 0 Å². The Hall–Kier alpha value is -2.68. The molecular weight excluding hydrogens is 488 g/mol. The number of para-hydroxylation sites is 2. The summed E-state index contributed by atoms with van der Waals surface area (Å²) >= 11 is 17.8. The van der Waals surface area contributed by atoms with Gasteiger partial charge >= 0.3 is 6.18 Å². The normalized spacial score (nSPS) is 11.2. The molecule has 0 radical (unpaired) electrons. The first-order valence-corrected chi connectivity index (χ1v) is 10.3. The molecule has 168 valence electrons. The zero-order valence-corrected chi connectivity index (χ0v) is 18.5. The molecule has 0 saturated heterocycles. The molecule has 0 spiro atoms. The molecule has 5 nitrogen and oxygen atoms in total. The van der Waals surface area contributed by atoms with Crippen LogP contribution in [0.4, 0.5) is 30.4 Å². The van der Waals surface area contributed by atoms with Gasteiger partial charge in [0, 0.05) is 24.3 Å². The molecule has 0 atom stereocenters. The molecule has 0 bridgehead atoms. The number of hydrogen-bond acceptors (Lipinski definition) is 4. The van der Waals surface area contributed by atoms with E-state index in [0.717, 1.165) is 6.07 Å². The number of nitrogens with zero attached hydrogens (tertiary/aromatic N) is 1. The number of aromatic nitrogens is 1. The van der Waals surface area contributed by atoms with E-state index in [0.29, 0.717) is 35.7 Å². The van der Waals surface area contributed by atoms with Crippen molar-refractivity contribution in [3.63, 3.8) is 0 Å². The number of rotatable bonds is 7. The number of carbonyl (C=O) groups excluding carboxylic acids is 1. The van der Waals surface area contributed by atoms with Crippen molar-refractivity contribution in [2.45, 2.75) is 6.18 Å². The second-order valence-corrected chi connectivity index (χ2v) is 7.78. The lowest BCUT2D eigenvalue weighted by Crippen LogP contribution is -2.17. The molecule has 3 N–H and O–H groups in total. The van der Waals surface area contributed by atoms with Gasteiger partial charge in [0.2, 0.25) is 0 Å². The maximum Gasteiger partial charge on any atom is 0.417 e. The number of carbonyl (C=O) groups is 1. The van der Waals surface area contributed by atoms with E-state index < -0.39 is 17.6 Å². The molecule has 1 aromatic heterocycles. The quantitative estimate of drug-likeness (QED) is 0.309. The van der Waals surface area contributed by atoms with Gasteiger partial charge in [0.25, 0.3) is 5.91 Å². The first-order chi connectivity index (χ1) is 15.1. The highest BCUT2D eigenvalue weighted by atomic mass is 35.5. The largest absolute Gasteiger partial charge is 0.417 e. The number of benzene rings is 2. The van der Waals surface area contributed by atoms with Crippen LogP contribution in [0.25, 0.3) is 0 Å². The molecule has 0 aliphatic heterocycles. The van der Waals surface area contributed by atoms with Crippen LogP contribution in [0.2, 0.25) is 15.1 Å². The third-order valence-corrected chi connectivity index (χ3v) is 5.09. The fourth-order valence-corrected chi connectivity index (χ4v) is 3.44. The molecule has 0 saturated carbocycles. The number of anilines is 3. The average molecular weight is 504 g/mol. The summed E-state index contributed by atoms with van der Waals surface area (Å²) in [5.41, 5.74) is 0.514. The SMILES string of the molecule is O=C(Nc1ccccc1NCCNc1ncc(C(F)(F)F)cc1Cl)c1ccc(Cl)cc1Cl. The van der Waals surface area contributed by atoms with Gasteiger partial charge in [0.15, 0.2) is 0 Å². The van der Waals surface area contributed by atoms with Crippen LogP contribution < -0.4 is 16.0 Å². The van der Waals surface area contributed by atoms with Crippen molar-refractivity contribution in [3.05, 3.63) is 80.9 Å². The Morgan fingerprint density at radius 1 is 0.906 bits per heavy atom. The van der Waals surface area contributed by atoms with Crippen molar-refractivity contribution >= 4 is 57.9 Å². The maximum atomic E-state index is 12.7. The molecule has 0 unspecified atom stereocenters. The van der Waals surface area contributed by atoms with E-state index in [9.17, 15) is 18.0 Å². The Bertz CT molecular complexity index is 1130. The summed E-state index contributed by atoms with van der Waals surface area (Å²) in [6.07, 6.45) is -3.80. The van der Waals surface area contributed by atoms with Crippen molar-refractivity contribution in [2.75, 3.05) is 29.0 Å². The van der Waals surface area contributed by atoms with Gasteiger partial charge in [-0.05, 0) is 36.4 Å². The van der Waals surface area contributed by atoms with E-state index in [4.69, 9.17) is 34.8 Å². The minimum absolute atomic E-state index is 0.132. The smallest absolute Gasteiger partial charge is 0.382 e. The van der Waals surface area contributed by atoms with Gasteiger partial charge < -0.3 is 16.0 Å². The molecule has 1 amide bonds. The first kappa shape index (κ1) is 24.0. The summed E-state index contributed by atoms with van der Waals surface area (Å²) in [6, 6.07) is 12.4. The number of halogens is 6. The van der Waals surface area contributed by atoms with Crippen molar-refractivity contribution < 1.29 is 18.0 Å². The Morgan fingerprint density at radius 3 is 2.25 bits per heavy atom. The van der Waals surface area contributed by atoms with Gasteiger partial charge in [-0.2, -0.15) is 13.2 Å². The van der Waals surface area contributed by atoms with Crippen LogP contribution in [0.3, 0.4) is 0 Å². The topological polar surface area (TPSA) is 66.1 Å². The monoisotopic (exact) mass is 502 g/mol. The molecule has 0 fully saturated rings. The minimum atomic E-state index is -4.51. The van der Waals surface area contributed by atoms with Crippen molar-refractivity contribution in [2.24, 2.45) is 0 Å². The Labute approximate surface area is 196 Å². The van der Waals surface area contributed by atoms with Crippen LogP contribution in [0.1, 0.15) is 15.9 Å². The summed E-state index contributed by atoms with van der Waals surface area (Å²) in [4.78, 5) is 16.3. The van der Waals surface area contributed by atoms with E-state index in [-0.39, 0.29) is 21.4 Å². The molecule has 3 rings (SSSR count). The van der Waals surface area contributed by atoms with Gasteiger partial charge in [-0.3, -0.25) is 4.79 Å². The lowest BCUT2D eigenvalue weighted by atomic mass is 10.2. The minimum Gasteiger partial charge on any atom is -0.382 e. The molecule has 0 aliphatic carbocycles. The average Bonchev–Trinajstić information content (AvgIpc) is 2.72. The second-order valence-electron chi connectivity index (χ2n) is 6.53. The Kier molecular flexibility index (Phi) is 7.71. The fraction of sp³-hybridized carbons (Fsp3) is 0.143. The number of pyridine rings is 1. The number of hydrogen-bond donors (Lipinski definition) is 3. The zero-order chi connectivity index (χ0) is 23.3. The van der Waals surface area contributed by atoms with Crippen LogP contribution in [0.15, 0.2) is 54.7 Å². The molecule has 2 aromatic carbocycles. The van der Waals surface area contributed by atoms with Crippen molar-refractivity contribution in [1.82, 2.24) is 4.98 Å². The molecular formula is C21H16Cl3F3N4O. The fourth-order valence-electron chi connectivity index (χ4n) is 2.71. The van der Waals surface area contributed by atoms with Crippen LogP contribution in [-0.2, 0) is 6.18 Å².